The lowest BCUT2D eigenvalue weighted by molar-refractivity contribution is 0.252. The summed E-state index contributed by atoms with van der Waals surface area (Å²) in [6, 6.07) is 10.1. The number of nitrogens with one attached hydrogen (secondary N) is 2. The zero-order chi connectivity index (χ0) is 15.9. The molecule has 0 atom stereocenters. The normalized spacial score (nSPS) is 10.3. The minimum Gasteiger partial charge on any atom is -0.338 e. The van der Waals surface area contributed by atoms with Crippen molar-refractivity contribution in [1.82, 2.24) is 9.88 Å². The van der Waals surface area contributed by atoms with Crippen LogP contribution in [0.15, 0.2) is 47.4 Å². The van der Waals surface area contributed by atoms with Crippen LogP contribution in [0.4, 0.5) is 10.5 Å². The number of nitrogens with zero attached hydrogens (tertiary/aromatic N) is 1. The number of hydrogen-bond donors (Lipinski definition) is 2. The molecule has 2 rings (SSSR count). The van der Waals surface area contributed by atoms with Crippen LogP contribution in [0.25, 0.3) is 0 Å². The van der Waals surface area contributed by atoms with Crippen molar-refractivity contribution in [3.8, 4) is 0 Å². The zero-order valence-electron chi connectivity index (χ0n) is 12.3. The van der Waals surface area contributed by atoms with Crippen LogP contribution in [-0.4, -0.2) is 17.1 Å². The number of carbonyl (C=O) groups excluding carboxylic acids is 1. The van der Waals surface area contributed by atoms with Gasteiger partial charge in [-0.05, 0) is 43.2 Å². The lowest BCUT2D eigenvalue weighted by Crippen LogP contribution is -2.30. The summed E-state index contributed by atoms with van der Waals surface area (Å²) in [7, 11) is 0. The van der Waals surface area contributed by atoms with Gasteiger partial charge in [-0.25, -0.2) is 4.79 Å². The van der Waals surface area contributed by atoms with Gasteiger partial charge in [-0.2, -0.15) is 0 Å². The van der Waals surface area contributed by atoms with E-state index in [-0.39, 0.29) is 11.6 Å². The van der Waals surface area contributed by atoms with E-state index < -0.39 is 0 Å². The summed E-state index contributed by atoms with van der Waals surface area (Å²) in [5, 5.41) is 6.01. The Balaban J connectivity index is 1.74. The Morgan fingerprint density at radius 3 is 2.82 bits per heavy atom. The van der Waals surface area contributed by atoms with Crippen LogP contribution in [0, 0.1) is 6.92 Å². The molecule has 6 heteroatoms. The van der Waals surface area contributed by atoms with E-state index in [1.54, 1.807) is 41.1 Å². The second-order valence-corrected chi connectivity index (χ2v) is 5.42. The number of aromatic nitrogens is 1. The largest absolute Gasteiger partial charge is 0.338 e. The Morgan fingerprint density at radius 1 is 1.27 bits per heavy atom. The Hall–Kier alpha value is -2.27. The van der Waals surface area contributed by atoms with Crippen molar-refractivity contribution in [3.63, 3.8) is 0 Å². The maximum Gasteiger partial charge on any atom is 0.319 e. The van der Waals surface area contributed by atoms with Gasteiger partial charge < -0.3 is 15.2 Å². The summed E-state index contributed by atoms with van der Waals surface area (Å²) in [5.41, 5.74) is 1.56. The van der Waals surface area contributed by atoms with E-state index in [2.05, 4.69) is 10.6 Å². The SMILES string of the molecule is Cc1ccn(CCCNC(=O)Nc2cccc(Cl)c2)c(=O)c1. The van der Waals surface area contributed by atoms with Crippen molar-refractivity contribution in [3.05, 3.63) is 63.5 Å². The third-order valence-electron chi connectivity index (χ3n) is 3.10. The van der Waals surface area contributed by atoms with Crippen LogP contribution in [0.3, 0.4) is 0 Å². The van der Waals surface area contributed by atoms with E-state index in [9.17, 15) is 9.59 Å². The minimum atomic E-state index is -0.293. The Bertz CT molecular complexity index is 713. The quantitative estimate of drug-likeness (QED) is 0.832. The molecule has 1 heterocycles. The van der Waals surface area contributed by atoms with Gasteiger partial charge >= 0.3 is 6.03 Å². The molecule has 2 N–H and O–H groups in total. The van der Waals surface area contributed by atoms with Crippen LogP contribution in [-0.2, 0) is 6.54 Å². The van der Waals surface area contributed by atoms with E-state index in [1.807, 2.05) is 13.0 Å². The van der Waals surface area contributed by atoms with Crippen LogP contribution >= 0.6 is 11.6 Å². The summed E-state index contributed by atoms with van der Waals surface area (Å²) in [6.07, 6.45) is 2.44. The molecule has 0 bridgehead atoms. The average Bonchev–Trinajstić information content (AvgIpc) is 2.45. The summed E-state index contributed by atoms with van der Waals surface area (Å²) in [6.45, 7) is 2.93. The minimum absolute atomic E-state index is 0.0246. The van der Waals surface area contributed by atoms with E-state index >= 15 is 0 Å². The predicted molar refractivity (Wildman–Crippen MR) is 88.5 cm³/mol. The molecule has 0 saturated heterocycles. The highest BCUT2D eigenvalue weighted by molar-refractivity contribution is 6.30. The summed E-state index contributed by atoms with van der Waals surface area (Å²) in [4.78, 5) is 23.4. The lowest BCUT2D eigenvalue weighted by Gasteiger charge is -2.09. The van der Waals surface area contributed by atoms with Crippen molar-refractivity contribution < 1.29 is 4.79 Å². The molecule has 116 valence electrons. The standard InChI is InChI=1S/C16H18ClN3O2/c1-12-6-9-20(15(21)10-12)8-3-7-18-16(22)19-14-5-2-4-13(17)11-14/h2,4-6,9-11H,3,7-8H2,1H3,(H2,18,19,22). The topological polar surface area (TPSA) is 63.1 Å². The fourth-order valence-corrected chi connectivity index (χ4v) is 2.17. The van der Waals surface area contributed by atoms with Crippen molar-refractivity contribution >= 4 is 23.3 Å². The molecular weight excluding hydrogens is 302 g/mol. The van der Waals surface area contributed by atoms with Crippen molar-refractivity contribution in [2.75, 3.05) is 11.9 Å². The number of aryl methyl sites for hydroxylation is 2. The molecule has 0 aliphatic carbocycles. The second-order valence-electron chi connectivity index (χ2n) is 4.98. The number of halogens is 1. The monoisotopic (exact) mass is 319 g/mol. The maximum absolute atomic E-state index is 11.7. The molecular formula is C16H18ClN3O2. The molecule has 0 aliphatic heterocycles. The predicted octanol–water partition coefficient (Wildman–Crippen LogP) is 3.02. The van der Waals surface area contributed by atoms with Gasteiger partial charge in [0.1, 0.15) is 0 Å². The highest BCUT2D eigenvalue weighted by atomic mass is 35.5. The number of rotatable bonds is 5. The third kappa shape index (κ3) is 4.93. The number of amides is 2. The summed E-state index contributed by atoms with van der Waals surface area (Å²) < 4.78 is 1.63. The summed E-state index contributed by atoms with van der Waals surface area (Å²) in [5.74, 6) is 0. The van der Waals surface area contributed by atoms with Crippen LogP contribution in [0.1, 0.15) is 12.0 Å². The Morgan fingerprint density at radius 2 is 2.09 bits per heavy atom. The Kier molecular flexibility index (Phi) is 5.61. The Labute approximate surface area is 133 Å². The van der Waals surface area contributed by atoms with Crippen LogP contribution < -0.4 is 16.2 Å². The molecule has 0 spiro atoms. The molecule has 22 heavy (non-hydrogen) atoms. The highest BCUT2D eigenvalue weighted by Crippen LogP contribution is 2.14. The van der Waals surface area contributed by atoms with Gasteiger partial charge in [-0.15, -0.1) is 0 Å². The molecule has 5 nitrogen and oxygen atoms in total. The number of anilines is 1. The molecule has 0 fully saturated rings. The molecule has 1 aromatic carbocycles. The first-order chi connectivity index (χ1) is 10.5. The van der Waals surface area contributed by atoms with Crippen molar-refractivity contribution in [2.24, 2.45) is 0 Å². The summed E-state index contributed by atoms with van der Waals surface area (Å²) >= 11 is 5.84. The fourth-order valence-electron chi connectivity index (χ4n) is 1.98. The van der Waals surface area contributed by atoms with E-state index in [0.717, 1.165) is 5.56 Å². The third-order valence-corrected chi connectivity index (χ3v) is 3.33. The second kappa shape index (κ2) is 7.66. The number of benzene rings is 1. The smallest absolute Gasteiger partial charge is 0.319 e. The number of pyridine rings is 1. The van der Waals surface area contributed by atoms with E-state index in [1.165, 1.54) is 0 Å². The number of urea groups is 1. The average molecular weight is 320 g/mol. The highest BCUT2D eigenvalue weighted by Gasteiger charge is 2.02. The molecule has 0 saturated carbocycles. The number of hydrogen-bond acceptors (Lipinski definition) is 2. The molecule has 1 aromatic heterocycles. The van der Waals surface area contributed by atoms with Gasteiger partial charge in [0.25, 0.3) is 5.56 Å². The van der Waals surface area contributed by atoms with Crippen molar-refractivity contribution in [1.29, 1.82) is 0 Å². The zero-order valence-corrected chi connectivity index (χ0v) is 13.1. The molecule has 2 aromatic rings. The van der Waals surface area contributed by atoms with Gasteiger partial charge in [0.15, 0.2) is 0 Å². The van der Waals surface area contributed by atoms with Crippen molar-refractivity contribution in [2.45, 2.75) is 19.9 Å². The molecule has 2 amide bonds. The van der Waals surface area contributed by atoms with Crippen LogP contribution in [0.2, 0.25) is 5.02 Å². The van der Waals surface area contributed by atoms with Gasteiger partial charge in [0.05, 0.1) is 0 Å². The first-order valence-electron chi connectivity index (χ1n) is 7.02. The number of carbonyl (C=O) groups is 1. The first-order valence-corrected chi connectivity index (χ1v) is 7.40. The van der Waals surface area contributed by atoms with Gasteiger partial charge in [-0.3, -0.25) is 4.79 Å². The van der Waals surface area contributed by atoms with E-state index in [4.69, 9.17) is 11.6 Å². The molecule has 0 unspecified atom stereocenters. The van der Waals surface area contributed by atoms with E-state index in [0.29, 0.717) is 30.2 Å². The molecule has 0 radical (unpaired) electrons. The van der Waals surface area contributed by atoms with Gasteiger partial charge in [0.2, 0.25) is 0 Å². The van der Waals surface area contributed by atoms with Gasteiger partial charge in [-0.1, -0.05) is 17.7 Å². The van der Waals surface area contributed by atoms with Gasteiger partial charge in [0, 0.05) is 36.1 Å². The van der Waals surface area contributed by atoms with Crippen LogP contribution in [0.5, 0.6) is 0 Å². The molecule has 0 aliphatic rings. The fraction of sp³-hybridized carbons (Fsp3) is 0.250. The maximum atomic E-state index is 11.7. The first kappa shape index (κ1) is 16.1. The lowest BCUT2D eigenvalue weighted by atomic mass is 10.3.